The Balaban J connectivity index is 1.78. The Morgan fingerprint density at radius 2 is 1.93 bits per heavy atom. The molecule has 2 fully saturated rings. The molecule has 2 rings (SSSR count). The highest BCUT2D eigenvalue weighted by Crippen LogP contribution is 2.40. The summed E-state index contributed by atoms with van der Waals surface area (Å²) >= 11 is 0. The summed E-state index contributed by atoms with van der Waals surface area (Å²) in [5.74, 6) is 1.26. The zero-order valence-corrected chi connectivity index (χ0v) is 19.9. The molecule has 1 unspecified atom stereocenters. The monoisotopic (exact) mass is 424 g/mol. The molecular formula is C23H44N4O3. The maximum atomic E-state index is 12.4. The number of piperidine rings is 1. The van der Waals surface area contributed by atoms with Crippen molar-refractivity contribution in [1.29, 1.82) is 0 Å². The van der Waals surface area contributed by atoms with Gasteiger partial charge >= 0.3 is 6.09 Å². The standard InChI is InChI=1S/C23H44N4O3/c1-6-29-15-13-23(11-7-8-12-23)18-26-20(24-5)25-16-19-10-9-14-27(17-19)21(28)30-22(2,3)4/h19H,6-18H2,1-5H3,(H2,24,25,26). The van der Waals surface area contributed by atoms with E-state index in [9.17, 15) is 4.79 Å². The molecule has 0 aromatic carbocycles. The maximum absolute atomic E-state index is 12.4. The Bertz CT molecular complexity index is 553. The summed E-state index contributed by atoms with van der Waals surface area (Å²) in [4.78, 5) is 18.7. The van der Waals surface area contributed by atoms with Crippen molar-refractivity contribution < 1.29 is 14.3 Å². The zero-order valence-electron chi connectivity index (χ0n) is 19.9. The fourth-order valence-corrected chi connectivity index (χ4v) is 4.53. The van der Waals surface area contributed by atoms with E-state index < -0.39 is 5.60 Å². The average Bonchev–Trinajstić information content (AvgIpc) is 3.16. The van der Waals surface area contributed by atoms with Crippen molar-refractivity contribution in [3.8, 4) is 0 Å². The number of aliphatic imine (C=N–C) groups is 1. The minimum absolute atomic E-state index is 0.202. The van der Waals surface area contributed by atoms with Crippen molar-refractivity contribution in [2.75, 3.05) is 46.4 Å². The van der Waals surface area contributed by atoms with Gasteiger partial charge in [-0.2, -0.15) is 0 Å². The minimum Gasteiger partial charge on any atom is -0.444 e. The number of likely N-dealkylation sites (tertiary alicyclic amines) is 1. The van der Waals surface area contributed by atoms with Crippen LogP contribution in [0.15, 0.2) is 4.99 Å². The zero-order chi connectivity index (χ0) is 22.0. The molecule has 1 aliphatic carbocycles. The molecule has 1 atom stereocenters. The molecule has 0 aromatic heterocycles. The molecule has 2 aliphatic rings. The second-order valence-electron chi connectivity index (χ2n) is 9.90. The summed E-state index contributed by atoms with van der Waals surface area (Å²) in [6, 6.07) is 0. The van der Waals surface area contributed by atoms with Crippen molar-refractivity contribution in [2.45, 2.75) is 78.2 Å². The normalized spacial score (nSPS) is 22.1. The third-order valence-electron chi connectivity index (χ3n) is 6.23. The van der Waals surface area contributed by atoms with E-state index in [1.807, 2.05) is 32.7 Å². The van der Waals surface area contributed by atoms with E-state index in [2.05, 4.69) is 22.5 Å². The van der Waals surface area contributed by atoms with Crippen LogP contribution in [0.5, 0.6) is 0 Å². The van der Waals surface area contributed by atoms with Crippen molar-refractivity contribution in [1.82, 2.24) is 15.5 Å². The highest BCUT2D eigenvalue weighted by Gasteiger charge is 2.33. The lowest BCUT2D eigenvalue weighted by atomic mass is 9.83. The molecule has 1 saturated carbocycles. The van der Waals surface area contributed by atoms with E-state index >= 15 is 0 Å². The summed E-state index contributed by atoms with van der Waals surface area (Å²) in [6.45, 7) is 12.7. The van der Waals surface area contributed by atoms with Crippen molar-refractivity contribution >= 4 is 12.1 Å². The van der Waals surface area contributed by atoms with E-state index in [0.717, 1.165) is 64.6 Å². The first-order chi connectivity index (χ1) is 14.3. The fraction of sp³-hybridized carbons (Fsp3) is 0.913. The quantitative estimate of drug-likeness (QED) is 0.352. The molecule has 1 saturated heterocycles. The van der Waals surface area contributed by atoms with Gasteiger partial charge in [0, 0.05) is 46.4 Å². The lowest BCUT2D eigenvalue weighted by Gasteiger charge is -2.34. The molecule has 7 heteroatoms. The predicted octanol–water partition coefficient (Wildman–Crippen LogP) is 3.79. The molecule has 2 N–H and O–H groups in total. The first-order valence-corrected chi connectivity index (χ1v) is 11.8. The van der Waals surface area contributed by atoms with Crippen LogP contribution in [0.1, 0.15) is 72.6 Å². The van der Waals surface area contributed by atoms with Crippen LogP contribution in [0, 0.1) is 11.3 Å². The Labute approximate surface area is 183 Å². The van der Waals surface area contributed by atoms with Gasteiger partial charge < -0.3 is 25.0 Å². The van der Waals surface area contributed by atoms with Crippen LogP contribution in [0.2, 0.25) is 0 Å². The van der Waals surface area contributed by atoms with Crippen LogP contribution < -0.4 is 10.6 Å². The van der Waals surface area contributed by atoms with Gasteiger partial charge in [0.1, 0.15) is 5.60 Å². The number of ether oxygens (including phenoxy) is 2. The van der Waals surface area contributed by atoms with Crippen LogP contribution in [0.3, 0.4) is 0 Å². The molecule has 1 amide bonds. The molecular weight excluding hydrogens is 380 g/mol. The number of hydrogen-bond donors (Lipinski definition) is 2. The summed E-state index contributed by atoms with van der Waals surface area (Å²) < 4.78 is 11.2. The first-order valence-electron chi connectivity index (χ1n) is 11.8. The number of amides is 1. The first kappa shape index (κ1) is 24.8. The highest BCUT2D eigenvalue weighted by molar-refractivity contribution is 5.79. The van der Waals surface area contributed by atoms with Gasteiger partial charge in [-0.25, -0.2) is 4.79 Å². The molecule has 1 heterocycles. The van der Waals surface area contributed by atoms with Crippen LogP contribution in [0.4, 0.5) is 4.79 Å². The van der Waals surface area contributed by atoms with Crippen molar-refractivity contribution in [3.05, 3.63) is 0 Å². The summed E-state index contributed by atoms with van der Waals surface area (Å²) in [5.41, 5.74) is -0.127. The van der Waals surface area contributed by atoms with Gasteiger partial charge in [-0.15, -0.1) is 0 Å². The lowest BCUT2D eigenvalue weighted by molar-refractivity contribution is 0.0168. The number of hydrogen-bond acceptors (Lipinski definition) is 4. The third kappa shape index (κ3) is 8.32. The molecule has 0 aromatic rings. The highest BCUT2D eigenvalue weighted by atomic mass is 16.6. The number of carbonyl (C=O) groups excluding carboxylic acids is 1. The summed E-state index contributed by atoms with van der Waals surface area (Å²) in [5, 5.41) is 7.05. The van der Waals surface area contributed by atoms with Gasteiger partial charge in [-0.05, 0) is 71.1 Å². The van der Waals surface area contributed by atoms with Gasteiger partial charge in [0.15, 0.2) is 5.96 Å². The second-order valence-corrected chi connectivity index (χ2v) is 9.90. The number of nitrogens with one attached hydrogen (secondary N) is 2. The van der Waals surface area contributed by atoms with Gasteiger partial charge in [0.2, 0.25) is 0 Å². The van der Waals surface area contributed by atoms with Crippen LogP contribution in [-0.4, -0.2) is 69.0 Å². The van der Waals surface area contributed by atoms with Crippen LogP contribution >= 0.6 is 0 Å². The third-order valence-corrected chi connectivity index (χ3v) is 6.23. The molecule has 1 aliphatic heterocycles. The second kappa shape index (κ2) is 11.8. The summed E-state index contributed by atoms with van der Waals surface area (Å²) in [6.07, 6.45) is 8.17. The SMILES string of the molecule is CCOCCC1(CNC(=NC)NCC2CCCN(C(=O)OC(C)(C)C)C2)CCCC1. The molecule has 0 radical (unpaired) electrons. The number of guanidine groups is 1. The predicted molar refractivity (Wildman–Crippen MR) is 122 cm³/mol. The van der Waals surface area contributed by atoms with Crippen molar-refractivity contribution in [2.24, 2.45) is 16.3 Å². The molecule has 0 bridgehead atoms. The van der Waals surface area contributed by atoms with E-state index in [1.54, 1.807) is 0 Å². The number of nitrogens with zero attached hydrogens (tertiary/aromatic N) is 2. The van der Waals surface area contributed by atoms with Gasteiger partial charge in [0.25, 0.3) is 0 Å². The molecule has 174 valence electrons. The number of carbonyl (C=O) groups is 1. The van der Waals surface area contributed by atoms with Crippen LogP contribution in [-0.2, 0) is 9.47 Å². The molecule has 0 spiro atoms. The van der Waals surface area contributed by atoms with E-state index in [0.29, 0.717) is 11.3 Å². The van der Waals surface area contributed by atoms with E-state index in [1.165, 1.54) is 25.7 Å². The Kier molecular flexibility index (Phi) is 9.72. The van der Waals surface area contributed by atoms with Gasteiger partial charge in [-0.3, -0.25) is 4.99 Å². The van der Waals surface area contributed by atoms with Crippen LogP contribution in [0.25, 0.3) is 0 Å². The minimum atomic E-state index is -0.452. The fourth-order valence-electron chi connectivity index (χ4n) is 4.53. The maximum Gasteiger partial charge on any atom is 0.410 e. The average molecular weight is 425 g/mol. The Morgan fingerprint density at radius 1 is 1.20 bits per heavy atom. The number of rotatable bonds is 8. The Morgan fingerprint density at radius 3 is 2.57 bits per heavy atom. The van der Waals surface area contributed by atoms with Gasteiger partial charge in [0.05, 0.1) is 0 Å². The van der Waals surface area contributed by atoms with E-state index in [-0.39, 0.29) is 6.09 Å². The largest absolute Gasteiger partial charge is 0.444 e. The summed E-state index contributed by atoms with van der Waals surface area (Å²) in [7, 11) is 1.82. The lowest BCUT2D eigenvalue weighted by Crippen LogP contribution is -2.48. The molecule has 30 heavy (non-hydrogen) atoms. The van der Waals surface area contributed by atoms with E-state index in [4.69, 9.17) is 9.47 Å². The van der Waals surface area contributed by atoms with Crippen molar-refractivity contribution in [3.63, 3.8) is 0 Å². The smallest absolute Gasteiger partial charge is 0.410 e. The molecule has 7 nitrogen and oxygen atoms in total. The topological polar surface area (TPSA) is 75.2 Å². The van der Waals surface area contributed by atoms with Gasteiger partial charge in [-0.1, -0.05) is 12.8 Å². The Hall–Kier alpha value is -1.50.